The molecule has 5 rings (SSSR count). The summed E-state index contributed by atoms with van der Waals surface area (Å²) in [5, 5.41) is 0. The molecule has 0 bridgehead atoms. The van der Waals surface area contributed by atoms with Crippen molar-refractivity contribution in [3.8, 4) is 33.9 Å². The van der Waals surface area contributed by atoms with Gasteiger partial charge in [-0.05, 0) is 62.2 Å². The van der Waals surface area contributed by atoms with Gasteiger partial charge in [-0.2, -0.15) is 0 Å². The van der Waals surface area contributed by atoms with Gasteiger partial charge in [0.05, 0.1) is 11.9 Å². The van der Waals surface area contributed by atoms with Crippen molar-refractivity contribution < 1.29 is 0 Å². The Hall–Kier alpha value is -3.44. The summed E-state index contributed by atoms with van der Waals surface area (Å²) in [4.78, 5) is 20.5. The molecular formula is C26H24N5. The molecular weight excluding hydrogens is 382 g/mol. The van der Waals surface area contributed by atoms with Crippen molar-refractivity contribution in [2.45, 2.75) is 26.3 Å². The highest BCUT2D eigenvalue weighted by atomic mass is 15.1. The fraction of sp³-hybridized carbons (Fsp3) is 0.231. The van der Waals surface area contributed by atoms with E-state index in [1.807, 2.05) is 37.5 Å². The summed E-state index contributed by atoms with van der Waals surface area (Å²) in [5.41, 5.74) is 6.98. The molecule has 5 heteroatoms. The van der Waals surface area contributed by atoms with E-state index >= 15 is 0 Å². The van der Waals surface area contributed by atoms with Gasteiger partial charge in [0.2, 0.25) is 0 Å². The molecule has 0 unspecified atom stereocenters. The van der Waals surface area contributed by atoms with Crippen LogP contribution in [-0.4, -0.2) is 37.9 Å². The lowest BCUT2D eigenvalue weighted by Crippen LogP contribution is -2.18. The smallest absolute Gasteiger partial charge is 0.179 e. The predicted molar refractivity (Wildman–Crippen MR) is 122 cm³/mol. The van der Waals surface area contributed by atoms with Crippen LogP contribution in [0.25, 0.3) is 33.9 Å². The average molecular weight is 407 g/mol. The van der Waals surface area contributed by atoms with Gasteiger partial charge in [0.1, 0.15) is 5.69 Å². The third-order valence-corrected chi connectivity index (χ3v) is 5.70. The van der Waals surface area contributed by atoms with E-state index < -0.39 is 0 Å². The number of rotatable bonds is 5. The number of hydrogen-bond donors (Lipinski definition) is 0. The Kier molecular flexibility index (Phi) is 5.50. The molecule has 1 saturated heterocycles. The van der Waals surface area contributed by atoms with Crippen molar-refractivity contribution in [1.29, 1.82) is 0 Å². The quantitative estimate of drug-likeness (QED) is 0.468. The largest absolute Gasteiger partial charge is 0.299 e. The van der Waals surface area contributed by atoms with Crippen LogP contribution in [-0.2, 0) is 6.54 Å². The van der Waals surface area contributed by atoms with E-state index in [0.29, 0.717) is 5.82 Å². The van der Waals surface area contributed by atoms with E-state index in [1.165, 1.54) is 31.5 Å². The van der Waals surface area contributed by atoms with Crippen LogP contribution in [0.1, 0.15) is 24.0 Å². The van der Waals surface area contributed by atoms with Crippen LogP contribution in [0, 0.1) is 13.1 Å². The molecule has 0 aliphatic carbocycles. The zero-order chi connectivity index (χ0) is 21.0. The van der Waals surface area contributed by atoms with Crippen LogP contribution in [0.3, 0.4) is 0 Å². The van der Waals surface area contributed by atoms with Crippen LogP contribution >= 0.6 is 0 Å². The lowest BCUT2D eigenvalue weighted by atomic mass is 10.0. The standard InChI is InChI=1S/C26H24N5/c1-19-15-29-26(24-6-2-3-11-28-24)30-25(19)23-14-22(16-27-17-23)21-9-7-20(8-10-21)18-31-12-4-5-13-31/h2-3,6-11,14,16-17H,4-5,12-13,18H2,1H3. The minimum atomic E-state index is 0.567. The molecule has 1 aliphatic heterocycles. The van der Waals surface area contributed by atoms with Crippen LogP contribution in [0.5, 0.6) is 0 Å². The number of pyridine rings is 2. The van der Waals surface area contributed by atoms with E-state index in [0.717, 1.165) is 40.2 Å². The Morgan fingerprint density at radius 3 is 2.52 bits per heavy atom. The zero-order valence-electron chi connectivity index (χ0n) is 17.6. The molecule has 0 amide bonds. The first kappa shape index (κ1) is 19.5. The Labute approximate surface area is 182 Å². The summed E-state index contributed by atoms with van der Waals surface area (Å²) in [6.07, 6.45) is 11.2. The highest BCUT2D eigenvalue weighted by Crippen LogP contribution is 2.27. The molecule has 0 spiro atoms. The zero-order valence-corrected chi connectivity index (χ0v) is 17.6. The second kappa shape index (κ2) is 8.74. The molecule has 1 radical (unpaired) electrons. The molecule has 1 aliphatic rings. The van der Waals surface area contributed by atoms with Gasteiger partial charge in [0.25, 0.3) is 0 Å². The summed E-state index contributed by atoms with van der Waals surface area (Å²) in [6, 6.07) is 16.7. The topological polar surface area (TPSA) is 54.8 Å². The van der Waals surface area contributed by atoms with Gasteiger partial charge in [0, 0.05) is 41.8 Å². The van der Waals surface area contributed by atoms with Gasteiger partial charge < -0.3 is 0 Å². The van der Waals surface area contributed by atoms with Gasteiger partial charge >= 0.3 is 0 Å². The second-order valence-electron chi connectivity index (χ2n) is 7.99. The number of hydrogen-bond acceptors (Lipinski definition) is 5. The first-order valence-electron chi connectivity index (χ1n) is 10.7. The fourth-order valence-electron chi connectivity index (χ4n) is 4.02. The summed E-state index contributed by atoms with van der Waals surface area (Å²) in [6.45, 7) is 5.43. The third-order valence-electron chi connectivity index (χ3n) is 5.70. The van der Waals surface area contributed by atoms with Crippen molar-refractivity contribution in [1.82, 2.24) is 24.8 Å². The van der Waals surface area contributed by atoms with Crippen LogP contribution in [0.4, 0.5) is 0 Å². The molecule has 5 nitrogen and oxygen atoms in total. The number of nitrogens with zero attached hydrogens (tertiary/aromatic N) is 5. The van der Waals surface area contributed by atoms with Gasteiger partial charge in [-0.25, -0.2) is 9.97 Å². The van der Waals surface area contributed by atoms with Crippen molar-refractivity contribution in [2.75, 3.05) is 13.1 Å². The Morgan fingerprint density at radius 1 is 0.935 bits per heavy atom. The maximum Gasteiger partial charge on any atom is 0.179 e. The first-order valence-corrected chi connectivity index (χ1v) is 10.7. The second-order valence-corrected chi connectivity index (χ2v) is 7.99. The monoisotopic (exact) mass is 406 g/mol. The summed E-state index contributed by atoms with van der Waals surface area (Å²) < 4.78 is 0. The van der Waals surface area contributed by atoms with Crippen molar-refractivity contribution in [3.05, 3.63) is 84.4 Å². The summed E-state index contributed by atoms with van der Waals surface area (Å²) in [7, 11) is 0. The molecule has 153 valence electrons. The molecule has 3 aromatic heterocycles. The first-order chi connectivity index (χ1) is 15.3. The molecule has 4 heterocycles. The molecule has 31 heavy (non-hydrogen) atoms. The Bertz CT molecular complexity index is 1170. The van der Waals surface area contributed by atoms with Gasteiger partial charge in [-0.1, -0.05) is 30.3 Å². The number of likely N-dealkylation sites (tertiary alicyclic amines) is 1. The highest BCUT2D eigenvalue weighted by Gasteiger charge is 2.13. The van der Waals surface area contributed by atoms with E-state index in [4.69, 9.17) is 4.98 Å². The lowest BCUT2D eigenvalue weighted by molar-refractivity contribution is 0.331. The summed E-state index contributed by atoms with van der Waals surface area (Å²) >= 11 is 0. The maximum absolute atomic E-state index is 4.77. The normalized spacial score (nSPS) is 14.1. The highest BCUT2D eigenvalue weighted by molar-refractivity contribution is 5.72. The number of aromatic nitrogens is 4. The Morgan fingerprint density at radius 2 is 1.74 bits per heavy atom. The molecule has 1 aromatic carbocycles. The minimum Gasteiger partial charge on any atom is -0.299 e. The lowest BCUT2D eigenvalue weighted by Gasteiger charge is -2.14. The molecule has 0 N–H and O–H groups in total. The van der Waals surface area contributed by atoms with Crippen molar-refractivity contribution in [3.63, 3.8) is 0 Å². The Balaban J connectivity index is 1.43. The molecule has 0 saturated carbocycles. The van der Waals surface area contributed by atoms with Crippen LogP contribution < -0.4 is 0 Å². The number of aryl methyl sites for hydroxylation is 1. The van der Waals surface area contributed by atoms with Crippen molar-refractivity contribution in [2.24, 2.45) is 0 Å². The number of benzene rings is 1. The van der Waals surface area contributed by atoms with Gasteiger partial charge in [0.15, 0.2) is 5.82 Å². The van der Waals surface area contributed by atoms with Gasteiger partial charge in [-0.15, -0.1) is 0 Å². The average Bonchev–Trinajstić information content (AvgIpc) is 3.34. The van der Waals surface area contributed by atoms with Crippen LogP contribution in [0.2, 0.25) is 0 Å². The fourth-order valence-corrected chi connectivity index (χ4v) is 4.02. The summed E-state index contributed by atoms with van der Waals surface area (Å²) in [5.74, 6) is 0.567. The van der Waals surface area contributed by atoms with Crippen LogP contribution in [0.15, 0.2) is 67.1 Å². The van der Waals surface area contributed by atoms with E-state index in [1.54, 1.807) is 6.20 Å². The molecule has 4 aromatic rings. The SMILES string of the molecule is Cc1[c]nc(-c2ccccn2)nc1-c1cncc(-c2ccc(CN3CCCC3)cc2)c1. The maximum atomic E-state index is 4.77. The van der Waals surface area contributed by atoms with E-state index in [2.05, 4.69) is 56.4 Å². The van der Waals surface area contributed by atoms with E-state index in [9.17, 15) is 0 Å². The van der Waals surface area contributed by atoms with Gasteiger partial charge in [-0.3, -0.25) is 14.9 Å². The predicted octanol–water partition coefficient (Wildman–Crippen LogP) is 4.97. The molecule has 1 fully saturated rings. The third kappa shape index (κ3) is 4.37. The molecule has 0 atom stereocenters. The van der Waals surface area contributed by atoms with E-state index in [-0.39, 0.29) is 0 Å². The minimum absolute atomic E-state index is 0.567. The van der Waals surface area contributed by atoms with Crippen molar-refractivity contribution >= 4 is 0 Å².